The Morgan fingerprint density at radius 2 is 1.89 bits per heavy atom. The highest BCUT2D eigenvalue weighted by Crippen LogP contribution is 2.25. The zero-order valence-electron chi connectivity index (χ0n) is 12.0. The average Bonchev–Trinajstić information content (AvgIpc) is 2.39. The van der Waals surface area contributed by atoms with E-state index in [1.807, 2.05) is 32.0 Å². The van der Waals surface area contributed by atoms with E-state index in [0.717, 1.165) is 0 Å². The summed E-state index contributed by atoms with van der Waals surface area (Å²) in [6.07, 6.45) is 0. The van der Waals surface area contributed by atoms with Gasteiger partial charge in [-0.25, -0.2) is 0 Å². The summed E-state index contributed by atoms with van der Waals surface area (Å²) in [5.41, 5.74) is 1.83. The van der Waals surface area contributed by atoms with Crippen LogP contribution in [0.1, 0.15) is 49.5 Å². The monoisotopic (exact) mass is 249 g/mol. The summed E-state index contributed by atoms with van der Waals surface area (Å²) in [5.74, 6) is 1.13. The van der Waals surface area contributed by atoms with Crippen molar-refractivity contribution in [2.24, 2.45) is 0 Å². The number of nitrogens with zero attached hydrogens (tertiary/aromatic N) is 1. The lowest BCUT2D eigenvalue weighted by atomic mass is 10.0. The first-order valence-electron chi connectivity index (χ1n) is 6.52. The van der Waals surface area contributed by atoms with Crippen LogP contribution in [-0.2, 0) is 0 Å². The van der Waals surface area contributed by atoms with Gasteiger partial charge in [-0.1, -0.05) is 19.9 Å². The molecule has 0 atom stereocenters. The molecule has 1 rings (SSSR count). The molecule has 0 fully saturated rings. The molecule has 0 aliphatic heterocycles. The van der Waals surface area contributed by atoms with Gasteiger partial charge in [0.2, 0.25) is 0 Å². The molecule has 3 heteroatoms. The molecule has 0 radical (unpaired) electrons. The fourth-order valence-corrected chi connectivity index (χ4v) is 1.92. The van der Waals surface area contributed by atoms with Crippen LogP contribution in [0.15, 0.2) is 18.2 Å². The van der Waals surface area contributed by atoms with Gasteiger partial charge in [0.15, 0.2) is 0 Å². The topological polar surface area (TPSA) is 29.5 Å². The molecular weight excluding hydrogens is 226 g/mol. The molecule has 1 amide bonds. The van der Waals surface area contributed by atoms with E-state index < -0.39 is 0 Å². The third-order valence-corrected chi connectivity index (χ3v) is 3.17. The number of methoxy groups -OCH3 is 1. The van der Waals surface area contributed by atoms with Crippen LogP contribution in [0.3, 0.4) is 0 Å². The highest BCUT2D eigenvalue weighted by molar-refractivity contribution is 5.97. The zero-order chi connectivity index (χ0) is 13.7. The van der Waals surface area contributed by atoms with Gasteiger partial charge in [-0.3, -0.25) is 4.79 Å². The second kappa shape index (κ2) is 6.43. The maximum Gasteiger partial charge on any atom is 0.257 e. The quantitative estimate of drug-likeness (QED) is 0.801. The number of carbonyl (C=O) groups is 1. The summed E-state index contributed by atoms with van der Waals surface area (Å²) in [6.45, 7) is 9.64. The van der Waals surface area contributed by atoms with E-state index in [1.165, 1.54) is 5.56 Å². The number of rotatable bonds is 5. The number of hydrogen-bond acceptors (Lipinski definition) is 2. The van der Waals surface area contributed by atoms with Gasteiger partial charge in [0.05, 0.1) is 12.7 Å². The van der Waals surface area contributed by atoms with Crippen molar-refractivity contribution in [1.82, 2.24) is 4.90 Å². The van der Waals surface area contributed by atoms with Crippen molar-refractivity contribution >= 4 is 5.91 Å². The maximum atomic E-state index is 12.3. The minimum atomic E-state index is 0.0344. The lowest BCUT2D eigenvalue weighted by Gasteiger charge is -2.20. The van der Waals surface area contributed by atoms with E-state index in [1.54, 1.807) is 12.0 Å². The van der Waals surface area contributed by atoms with Crippen molar-refractivity contribution in [2.75, 3.05) is 20.2 Å². The Bertz CT molecular complexity index is 409. The van der Waals surface area contributed by atoms with Crippen LogP contribution in [0.2, 0.25) is 0 Å². The Morgan fingerprint density at radius 1 is 1.28 bits per heavy atom. The fourth-order valence-electron chi connectivity index (χ4n) is 1.92. The van der Waals surface area contributed by atoms with Crippen molar-refractivity contribution in [1.29, 1.82) is 0 Å². The highest BCUT2D eigenvalue weighted by atomic mass is 16.5. The van der Waals surface area contributed by atoms with E-state index >= 15 is 0 Å². The molecule has 100 valence electrons. The smallest absolute Gasteiger partial charge is 0.257 e. The number of carbonyl (C=O) groups excluding carboxylic acids is 1. The van der Waals surface area contributed by atoms with Gasteiger partial charge in [0.1, 0.15) is 5.75 Å². The summed E-state index contributed by atoms with van der Waals surface area (Å²) in [7, 11) is 1.61. The predicted octanol–water partition coefficient (Wildman–Crippen LogP) is 3.30. The maximum absolute atomic E-state index is 12.3. The Morgan fingerprint density at radius 3 is 2.33 bits per heavy atom. The first-order valence-corrected chi connectivity index (χ1v) is 6.52. The molecule has 0 aliphatic carbocycles. The van der Waals surface area contributed by atoms with E-state index in [-0.39, 0.29) is 5.91 Å². The normalized spacial score (nSPS) is 10.6. The molecule has 0 heterocycles. The van der Waals surface area contributed by atoms with Gasteiger partial charge in [-0.15, -0.1) is 0 Å². The molecule has 0 aromatic heterocycles. The van der Waals surface area contributed by atoms with Crippen molar-refractivity contribution in [3.8, 4) is 5.75 Å². The van der Waals surface area contributed by atoms with E-state index in [9.17, 15) is 4.79 Å². The van der Waals surface area contributed by atoms with Crippen LogP contribution in [0.25, 0.3) is 0 Å². The number of benzene rings is 1. The average molecular weight is 249 g/mol. The van der Waals surface area contributed by atoms with Crippen LogP contribution in [-0.4, -0.2) is 31.0 Å². The molecule has 18 heavy (non-hydrogen) atoms. The Kier molecular flexibility index (Phi) is 5.20. The molecule has 0 N–H and O–H groups in total. The van der Waals surface area contributed by atoms with Crippen molar-refractivity contribution in [2.45, 2.75) is 33.6 Å². The minimum Gasteiger partial charge on any atom is -0.496 e. The lowest BCUT2D eigenvalue weighted by molar-refractivity contribution is 0.0769. The van der Waals surface area contributed by atoms with Gasteiger partial charge in [-0.2, -0.15) is 0 Å². The first kappa shape index (κ1) is 14.6. The molecule has 0 spiro atoms. The summed E-state index contributed by atoms with van der Waals surface area (Å²) in [5, 5.41) is 0. The Labute approximate surface area is 110 Å². The lowest BCUT2D eigenvalue weighted by Crippen LogP contribution is -2.30. The summed E-state index contributed by atoms with van der Waals surface area (Å²) >= 11 is 0. The molecule has 1 aromatic carbocycles. The third kappa shape index (κ3) is 3.03. The molecule has 0 bridgehead atoms. The second-order valence-electron chi connectivity index (χ2n) is 4.59. The Hall–Kier alpha value is -1.51. The van der Waals surface area contributed by atoms with Crippen LogP contribution in [0.5, 0.6) is 5.75 Å². The zero-order valence-corrected chi connectivity index (χ0v) is 12.0. The van der Waals surface area contributed by atoms with E-state index in [4.69, 9.17) is 4.74 Å². The summed E-state index contributed by atoms with van der Waals surface area (Å²) < 4.78 is 5.35. The molecule has 0 aliphatic rings. The molecule has 0 unspecified atom stereocenters. The number of hydrogen-bond donors (Lipinski definition) is 0. The molecule has 0 saturated carbocycles. The predicted molar refractivity (Wildman–Crippen MR) is 74.3 cm³/mol. The summed E-state index contributed by atoms with van der Waals surface area (Å²) in [6, 6.07) is 5.83. The van der Waals surface area contributed by atoms with Crippen LogP contribution >= 0.6 is 0 Å². The standard InChI is InChI=1S/C15H23NO2/c1-6-16(7-2)15(17)13-9-8-12(11(3)4)10-14(13)18-5/h8-11H,6-7H2,1-5H3. The fraction of sp³-hybridized carbons (Fsp3) is 0.533. The van der Waals surface area contributed by atoms with Crippen LogP contribution in [0, 0.1) is 0 Å². The van der Waals surface area contributed by atoms with Gasteiger partial charge < -0.3 is 9.64 Å². The van der Waals surface area contributed by atoms with Gasteiger partial charge in [0.25, 0.3) is 5.91 Å². The molecule has 3 nitrogen and oxygen atoms in total. The number of amides is 1. The largest absolute Gasteiger partial charge is 0.496 e. The molecular formula is C15H23NO2. The first-order chi connectivity index (χ1) is 8.54. The van der Waals surface area contributed by atoms with Gasteiger partial charge in [-0.05, 0) is 37.5 Å². The highest BCUT2D eigenvalue weighted by Gasteiger charge is 2.17. The molecule has 0 saturated heterocycles. The Balaban J connectivity index is 3.12. The van der Waals surface area contributed by atoms with Crippen molar-refractivity contribution < 1.29 is 9.53 Å². The van der Waals surface area contributed by atoms with Gasteiger partial charge in [0, 0.05) is 13.1 Å². The number of ether oxygens (including phenoxy) is 1. The second-order valence-corrected chi connectivity index (χ2v) is 4.59. The van der Waals surface area contributed by atoms with Crippen LogP contribution < -0.4 is 4.74 Å². The van der Waals surface area contributed by atoms with Gasteiger partial charge >= 0.3 is 0 Å². The van der Waals surface area contributed by atoms with Crippen molar-refractivity contribution in [3.05, 3.63) is 29.3 Å². The van der Waals surface area contributed by atoms with E-state index in [0.29, 0.717) is 30.3 Å². The van der Waals surface area contributed by atoms with Crippen molar-refractivity contribution in [3.63, 3.8) is 0 Å². The minimum absolute atomic E-state index is 0.0344. The van der Waals surface area contributed by atoms with Crippen LogP contribution in [0.4, 0.5) is 0 Å². The summed E-state index contributed by atoms with van der Waals surface area (Å²) in [4.78, 5) is 14.1. The molecule has 1 aromatic rings. The SMILES string of the molecule is CCN(CC)C(=O)c1ccc(C(C)C)cc1OC. The van der Waals surface area contributed by atoms with E-state index in [2.05, 4.69) is 13.8 Å². The third-order valence-electron chi connectivity index (χ3n) is 3.17.